The largest absolute Gasteiger partial charge is 0.481 e. The van der Waals surface area contributed by atoms with Crippen LogP contribution in [0.3, 0.4) is 0 Å². The van der Waals surface area contributed by atoms with Crippen LogP contribution in [0.25, 0.3) is 11.0 Å². The first kappa shape index (κ1) is 16.3. The van der Waals surface area contributed by atoms with Gasteiger partial charge < -0.3 is 9.30 Å². The molecular formula is C16H18N4O3S. The molecule has 7 nitrogen and oxygen atoms in total. The van der Waals surface area contributed by atoms with Crippen LogP contribution in [0.4, 0.5) is 5.69 Å². The average Bonchev–Trinajstić information content (AvgIpc) is 2.88. The average molecular weight is 346 g/mol. The van der Waals surface area contributed by atoms with Crippen molar-refractivity contribution < 1.29 is 13.2 Å². The summed E-state index contributed by atoms with van der Waals surface area (Å²) in [4.78, 5) is 8.62. The Kier molecular flexibility index (Phi) is 4.15. The number of pyridine rings is 1. The molecule has 0 saturated heterocycles. The zero-order valence-electron chi connectivity index (χ0n) is 13.7. The molecule has 0 aliphatic carbocycles. The van der Waals surface area contributed by atoms with E-state index in [4.69, 9.17) is 4.74 Å². The molecule has 0 bridgehead atoms. The Morgan fingerprint density at radius 2 is 1.96 bits per heavy atom. The van der Waals surface area contributed by atoms with Crippen molar-refractivity contribution in [2.75, 3.05) is 17.7 Å². The van der Waals surface area contributed by atoms with Crippen molar-refractivity contribution in [3.05, 3.63) is 48.4 Å². The Morgan fingerprint density at radius 1 is 1.21 bits per heavy atom. The highest BCUT2D eigenvalue weighted by atomic mass is 32.2. The van der Waals surface area contributed by atoms with Crippen LogP contribution in [0.1, 0.15) is 5.82 Å². The molecule has 0 N–H and O–H groups in total. The number of aromatic nitrogens is 3. The number of methoxy groups -OCH3 is 1. The van der Waals surface area contributed by atoms with E-state index in [0.29, 0.717) is 17.4 Å². The topological polar surface area (TPSA) is 77.3 Å². The number of ether oxygens (including phenoxy) is 1. The normalized spacial score (nSPS) is 11.6. The Bertz CT molecular complexity index is 965. The Morgan fingerprint density at radius 3 is 2.54 bits per heavy atom. The van der Waals surface area contributed by atoms with Gasteiger partial charge in [0.2, 0.25) is 15.9 Å². The summed E-state index contributed by atoms with van der Waals surface area (Å²) < 4.78 is 32.7. The first-order valence-electron chi connectivity index (χ1n) is 7.28. The second kappa shape index (κ2) is 6.12. The number of hydrogen-bond acceptors (Lipinski definition) is 5. The minimum absolute atomic E-state index is 0.123. The summed E-state index contributed by atoms with van der Waals surface area (Å²) in [6.07, 6.45) is 2.64. The number of anilines is 1. The number of nitrogens with zero attached hydrogens (tertiary/aromatic N) is 4. The summed E-state index contributed by atoms with van der Waals surface area (Å²) in [6.45, 7) is 0.123. The van der Waals surface area contributed by atoms with Gasteiger partial charge in [0.25, 0.3) is 0 Å². The smallest absolute Gasteiger partial charge is 0.232 e. The van der Waals surface area contributed by atoms with Gasteiger partial charge in [-0.05, 0) is 18.2 Å². The molecule has 2 aromatic heterocycles. The van der Waals surface area contributed by atoms with Gasteiger partial charge in [-0.15, -0.1) is 0 Å². The highest BCUT2D eigenvalue weighted by Crippen LogP contribution is 2.23. The lowest BCUT2D eigenvalue weighted by Gasteiger charge is -2.21. The second-order valence-electron chi connectivity index (χ2n) is 5.40. The van der Waals surface area contributed by atoms with Crippen LogP contribution in [0.5, 0.6) is 5.88 Å². The monoisotopic (exact) mass is 346 g/mol. The van der Waals surface area contributed by atoms with Crippen LogP contribution >= 0.6 is 0 Å². The molecule has 0 atom stereocenters. The SMILES string of the molecule is COc1ccc(N(Cc2nc3ccccc3n2C)S(C)(=O)=O)cn1. The van der Waals surface area contributed by atoms with E-state index in [2.05, 4.69) is 9.97 Å². The van der Waals surface area contributed by atoms with E-state index in [0.717, 1.165) is 11.0 Å². The minimum Gasteiger partial charge on any atom is -0.481 e. The maximum atomic E-state index is 12.2. The van der Waals surface area contributed by atoms with Crippen molar-refractivity contribution in [1.82, 2.24) is 14.5 Å². The van der Waals surface area contributed by atoms with E-state index >= 15 is 0 Å². The van der Waals surface area contributed by atoms with E-state index in [1.54, 1.807) is 12.1 Å². The second-order valence-corrected chi connectivity index (χ2v) is 7.31. The summed E-state index contributed by atoms with van der Waals surface area (Å²) in [5.74, 6) is 1.08. The molecule has 24 heavy (non-hydrogen) atoms. The summed E-state index contributed by atoms with van der Waals surface area (Å²) in [7, 11) is -0.109. The van der Waals surface area contributed by atoms with Crippen molar-refractivity contribution >= 4 is 26.7 Å². The fraction of sp³-hybridized carbons (Fsp3) is 0.250. The third-order valence-electron chi connectivity index (χ3n) is 3.78. The van der Waals surface area contributed by atoms with Crippen molar-refractivity contribution in [3.63, 3.8) is 0 Å². The van der Waals surface area contributed by atoms with Crippen LogP contribution in [0.2, 0.25) is 0 Å². The van der Waals surface area contributed by atoms with Crippen LogP contribution < -0.4 is 9.04 Å². The first-order chi connectivity index (χ1) is 11.4. The quantitative estimate of drug-likeness (QED) is 0.706. The minimum atomic E-state index is -3.49. The number of benzene rings is 1. The molecule has 2 heterocycles. The maximum absolute atomic E-state index is 12.2. The first-order valence-corrected chi connectivity index (χ1v) is 9.13. The lowest BCUT2D eigenvalue weighted by Crippen LogP contribution is -2.30. The van der Waals surface area contributed by atoms with E-state index < -0.39 is 10.0 Å². The molecule has 0 aliphatic rings. The molecule has 1 aromatic carbocycles. The molecule has 0 spiro atoms. The number of fused-ring (bicyclic) bond motifs is 1. The predicted octanol–water partition coefficient (Wildman–Crippen LogP) is 1.94. The van der Waals surface area contributed by atoms with Gasteiger partial charge >= 0.3 is 0 Å². The van der Waals surface area contributed by atoms with Gasteiger partial charge in [0, 0.05) is 13.1 Å². The molecule has 0 amide bonds. The number of para-hydroxylation sites is 2. The van der Waals surface area contributed by atoms with E-state index in [-0.39, 0.29) is 6.54 Å². The zero-order chi connectivity index (χ0) is 17.3. The summed E-state index contributed by atoms with van der Waals surface area (Å²) in [6, 6.07) is 11.0. The Balaban J connectivity index is 2.01. The predicted molar refractivity (Wildman–Crippen MR) is 92.5 cm³/mol. The van der Waals surface area contributed by atoms with Crippen molar-refractivity contribution in [1.29, 1.82) is 0 Å². The number of imidazole rings is 1. The lowest BCUT2D eigenvalue weighted by atomic mass is 10.3. The molecule has 3 aromatic rings. The van der Waals surface area contributed by atoms with Crippen LogP contribution in [-0.4, -0.2) is 36.3 Å². The number of aryl methyl sites for hydroxylation is 1. The van der Waals surface area contributed by atoms with Gasteiger partial charge in [0.15, 0.2) is 0 Å². The van der Waals surface area contributed by atoms with Crippen LogP contribution in [0.15, 0.2) is 42.6 Å². The molecule has 3 rings (SSSR count). The molecule has 0 fully saturated rings. The van der Waals surface area contributed by atoms with Gasteiger partial charge in [0.1, 0.15) is 5.82 Å². The molecule has 8 heteroatoms. The van der Waals surface area contributed by atoms with E-state index in [9.17, 15) is 8.42 Å². The highest BCUT2D eigenvalue weighted by molar-refractivity contribution is 7.92. The van der Waals surface area contributed by atoms with Gasteiger partial charge in [-0.25, -0.2) is 18.4 Å². The van der Waals surface area contributed by atoms with E-state index in [1.807, 2.05) is 35.9 Å². The number of rotatable bonds is 5. The molecule has 0 radical (unpaired) electrons. The molecular weight excluding hydrogens is 328 g/mol. The van der Waals surface area contributed by atoms with Gasteiger partial charge in [-0.2, -0.15) is 0 Å². The zero-order valence-corrected chi connectivity index (χ0v) is 14.5. The molecule has 126 valence electrons. The Hall–Kier alpha value is -2.61. The maximum Gasteiger partial charge on any atom is 0.232 e. The van der Waals surface area contributed by atoms with Gasteiger partial charge in [-0.1, -0.05) is 12.1 Å². The van der Waals surface area contributed by atoms with E-state index in [1.165, 1.54) is 23.9 Å². The summed E-state index contributed by atoms with van der Waals surface area (Å²) in [5.41, 5.74) is 2.25. The number of hydrogen-bond donors (Lipinski definition) is 0. The molecule has 0 unspecified atom stereocenters. The summed E-state index contributed by atoms with van der Waals surface area (Å²) in [5, 5.41) is 0. The van der Waals surface area contributed by atoms with Gasteiger partial charge in [0.05, 0.1) is 42.8 Å². The third kappa shape index (κ3) is 3.05. The fourth-order valence-electron chi connectivity index (χ4n) is 2.51. The highest BCUT2D eigenvalue weighted by Gasteiger charge is 2.21. The third-order valence-corrected chi connectivity index (χ3v) is 4.92. The van der Waals surface area contributed by atoms with Crippen LogP contribution in [0, 0.1) is 0 Å². The molecule has 0 saturated carbocycles. The summed E-state index contributed by atoms with van der Waals surface area (Å²) >= 11 is 0. The fourth-order valence-corrected chi connectivity index (χ4v) is 3.35. The van der Waals surface area contributed by atoms with Crippen LogP contribution in [-0.2, 0) is 23.6 Å². The van der Waals surface area contributed by atoms with Gasteiger partial charge in [-0.3, -0.25) is 4.31 Å². The standard InChI is InChI=1S/C16H18N4O3S/c1-19-14-7-5-4-6-13(14)18-15(19)11-20(24(3,21)22)12-8-9-16(23-2)17-10-12/h4-10H,11H2,1-3H3. The molecule has 0 aliphatic heterocycles. The van der Waals surface area contributed by atoms with Crippen molar-refractivity contribution in [2.24, 2.45) is 7.05 Å². The van der Waals surface area contributed by atoms with Crippen molar-refractivity contribution in [2.45, 2.75) is 6.54 Å². The Labute approximate surface area is 140 Å². The number of sulfonamides is 1. The lowest BCUT2D eigenvalue weighted by molar-refractivity contribution is 0.398. The van der Waals surface area contributed by atoms with Crippen molar-refractivity contribution in [3.8, 4) is 5.88 Å².